The van der Waals surface area contributed by atoms with Crippen LogP contribution in [0.4, 0.5) is 5.69 Å². The lowest BCUT2D eigenvalue weighted by atomic mass is 10.1. The van der Waals surface area contributed by atoms with E-state index in [0.29, 0.717) is 5.69 Å². The van der Waals surface area contributed by atoms with Crippen LogP contribution < -0.4 is 16.6 Å². The van der Waals surface area contributed by atoms with Gasteiger partial charge in [0, 0.05) is 12.4 Å². The number of nitrogens with zero attached hydrogens (tertiary/aromatic N) is 2. The van der Waals surface area contributed by atoms with Crippen LogP contribution in [0, 0.1) is 0 Å². The van der Waals surface area contributed by atoms with Gasteiger partial charge >= 0.3 is 11.7 Å². The molecule has 0 atom stereocenters. The molecule has 3 rings (SSSR count). The number of ether oxygens (including phenoxy) is 1. The van der Waals surface area contributed by atoms with Crippen molar-refractivity contribution in [3.05, 3.63) is 92.5 Å². The first-order valence-electron chi connectivity index (χ1n) is 8.22. The molecule has 9 heteroatoms. The fourth-order valence-corrected chi connectivity index (χ4v) is 2.54. The van der Waals surface area contributed by atoms with Crippen LogP contribution in [-0.2, 0) is 11.3 Å². The monoisotopic (exact) mass is 380 g/mol. The highest BCUT2D eigenvalue weighted by Gasteiger charge is 2.18. The highest BCUT2D eigenvalue weighted by Crippen LogP contribution is 2.16. The molecule has 0 radical (unpaired) electrons. The van der Waals surface area contributed by atoms with Gasteiger partial charge in [-0.15, -0.1) is 0 Å². The number of para-hydroxylation sites is 1. The van der Waals surface area contributed by atoms with Crippen molar-refractivity contribution < 1.29 is 14.3 Å². The Balaban J connectivity index is 1.94. The van der Waals surface area contributed by atoms with E-state index in [0.717, 1.165) is 10.8 Å². The molecule has 0 unspecified atom stereocenters. The van der Waals surface area contributed by atoms with Crippen LogP contribution in [0.2, 0.25) is 0 Å². The van der Waals surface area contributed by atoms with E-state index >= 15 is 0 Å². The fraction of sp³-hybridized carbons (Fsp3) is 0.105. The molecule has 1 aromatic carbocycles. The minimum atomic E-state index is -0.776. The number of benzene rings is 1. The molecular formula is C19H16N4O5. The van der Waals surface area contributed by atoms with Gasteiger partial charge in [0.1, 0.15) is 5.56 Å². The van der Waals surface area contributed by atoms with E-state index in [1.54, 1.807) is 30.3 Å². The predicted molar refractivity (Wildman–Crippen MR) is 100 cm³/mol. The Hall–Kier alpha value is -4.01. The number of methoxy groups -OCH3 is 1. The summed E-state index contributed by atoms with van der Waals surface area (Å²) in [6, 6.07) is 11.3. The molecule has 0 spiro atoms. The first-order valence-corrected chi connectivity index (χ1v) is 8.22. The zero-order valence-electron chi connectivity index (χ0n) is 14.8. The van der Waals surface area contributed by atoms with Crippen LogP contribution in [0.25, 0.3) is 0 Å². The third-order valence-electron chi connectivity index (χ3n) is 3.93. The zero-order valence-corrected chi connectivity index (χ0v) is 14.8. The second-order valence-corrected chi connectivity index (χ2v) is 5.71. The van der Waals surface area contributed by atoms with E-state index in [1.807, 2.05) is 0 Å². The van der Waals surface area contributed by atoms with Gasteiger partial charge in [-0.25, -0.2) is 9.59 Å². The summed E-state index contributed by atoms with van der Waals surface area (Å²) in [6.45, 7) is -0.0884. The maximum Gasteiger partial charge on any atom is 0.339 e. The highest BCUT2D eigenvalue weighted by atomic mass is 16.5. The first kappa shape index (κ1) is 18.8. The van der Waals surface area contributed by atoms with Crippen LogP contribution >= 0.6 is 0 Å². The third kappa shape index (κ3) is 3.88. The second kappa shape index (κ2) is 8.12. The Kier molecular flexibility index (Phi) is 5.45. The van der Waals surface area contributed by atoms with Crippen molar-refractivity contribution in [2.75, 3.05) is 12.4 Å². The van der Waals surface area contributed by atoms with E-state index in [2.05, 4.69) is 20.0 Å². The Labute approximate surface area is 158 Å². The van der Waals surface area contributed by atoms with E-state index in [-0.39, 0.29) is 23.4 Å². The van der Waals surface area contributed by atoms with Crippen molar-refractivity contribution in [3.63, 3.8) is 0 Å². The van der Waals surface area contributed by atoms with Crippen molar-refractivity contribution in [2.24, 2.45) is 0 Å². The predicted octanol–water partition coefficient (Wildman–Crippen LogP) is 1.02. The van der Waals surface area contributed by atoms with Crippen LogP contribution in [0.5, 0.6) is 0 Å². The van der Waals surface area contributed by atoms with E-state index < -0.39 is 23.1 Å². The molecule has 0 aliphatic heterocycles. The summed E-state index contributed by atoms with van der Waals surface area (Å²) in [5.41, 5.74) is -0.915. The average Bonchev–Trinajstić information content (AvgIpc) is 2.71. The number of amides is 1. The topological polar surface area (TPSA) is 123 Å². The number of nitrogens with one attached hydrogen (secondary N) is 2. The molecule has 0 aliphatic rings. The lowest BCUT2D eigenvalue weighted by Crippen LogP contribution is -2.39. The summed E-state index contributed by atoms with van der Waals surface area (Å²) >= 11 is 0. The molecule has 2 aromatic heterocycles. The van der Waals surface area contributed by atoms with Crippen molar-refractivity contribution in [2.45, 2.75) is 6.54 Å². The summed E-state index contributed by atoms with van der Waals surface area (Å²) < 4.78 is 5.56. The molecule has 142 valence electrons. The summed E-state index contributed by atoms with van der Waals surface area (Å²) in [5, 5.41) is 2.50. The summed E-state index contributed by atoms with van der Waals surface area (Å²) in [5.74, 6) is -1.41. The molecular weight excluding hydrogens is 364 g/mol. The van der Waals surface area contributed by atoms with E-state index in [1.165, 1.54) is 25.4 Å². The number of hydrogen-bond acceptors (Lipinski definition) is 6. The number of aromatic amines is 1. The van der Waals surface area contributed by atoms with Gasteiger partial charge in [-0.3, -0.25) is 19.1 Å². The number of aromatic nitrogens is 3. The average molecular weight is 380 g/mol. The van der Waals surface area contributed by atoms with Crippen molar-refractivity contribution in [1.82, 2.24) is 14.5 Å². The van der Waals surface area contributed by atoms with E-state index in [4.69, 9.17) is 0 Å². The molecule has 0 aliphatic carbocycles. The number of esters is 1. The SMILES string of the molecule is COC(=O)c1ccccc1NC(=O)c1c[nH]c(=O)n(Cc2ccccn2)c1=O. The highest BCUT2D eigenvalue weighted by molar-refractivity contribution is 6.07. The Morgan fingerprint density at radius 2 is 1.86 bits per heavy atom. The van der Waals surface area contributed by atoms with Gasteiger partial charge in [0.15, 0.2) is 0 Å². The van der Waals surface area contributed by atoms with Gasteiger partial charge in [0.25, 0.3) is 11.5 Å². The standard InChI is InChI=1S/C19H16N4O5/c1-28-18(26)13-7-2-3-8-15(13)22-16(24)14-10-21-19(27)23(17(14)25)11-12-6-4-5-9-20-12/h2-10H,11H2,1H3,(H,21,27)(H,22,24). The minimum Gasteiger partial charge on any atom is -0.465 e. The maximum atomic E-state index is 12.7. The Morgan fingerprint density at radius 1 is 1.11 bits per heavy atom. The number of carbonyl (C=O) groups excluding carboxylic acids is 2. The largest absolute Gasteiger partial charge is 0.465 e. The molecule has 28 heavy (non-hydrogen) atoms. The first-order chi connectivity index (χ1) is 13.5. The smallest absolute Gasteiger partial charge is 0.339 e. The number of carbonyl (C=O) groups is 2. The van der Waals surface area contributed by atoms with Crippen LogP contribution in [0.1, 0.15) is 26.4 Å². The maximum absolute atomic E-state index is 12.7. The fourth-order valence-electron chi connectivity index (χ4n) is 2.54. The quantitative estimate of drug-likeness (QED) is 0.637. The molecule has 0 saturated heterocycles. The van der Waals surface area contributed by atoms with Gasteiger partial charge < -0.3 is 15.0 Å². The molecule has 3 aromatic rings. The third-order valence-corrected chi connectivity index (χ3v) is 3.93. The molecule has 0 saturated carbocycles. The van der Waals surface area contributed by atoms with Crippen LogP contribution in [-0.4, -0.2) is 33.5 Å². The van der Waals surface area contributed by atoms with Gasteiger partial charge in [-0.1, -0.05) is 18.2 Å². The molecule has 0 fully saturated rings. The zero-order chi connectivity index (χ0) is 20.1. The number of H-pyrrole nitrogens is 1. The van der Waals surface area contributed by atoms with Gasteiger partial charge in [-0.2, -0.15) is 0 Å². The lowest BCUT2D eigenvalue weighted by Gasteiger charge is -2.10. The van der Waals surface area contributed by atoms with Crippen molar-refractivity contribution in [3.8, 4) is 0 Å². The van der Waals surface area contributed by atoms with E-state index in [9.17, 15) is 19.2 Å². The molecule has 1 amide bonds. The van der Waals surface area contributed by atoms with Crippen LogP contribution in [0.15, 0.2) is 64.4 Å². The molecule has 2 N–H and O–H groups in total. The van der Waals surface area contributed by atoms with Gasteiger partial charge in [0.05, 0.1) is 30.6 Å². The normalized spacial score (nSPS) is 10.3. The van der Waals surface area contributed by atoms with Crippen molar-refractivity contribution in [1.29, 1.82) is 0 Å². The number of rotatable bonds is 5. The number of hydrogen-bond donors (Lipinski definition) is 2. The molecule has 2 heterocycles. The lowest BCUT2D eigenvalue weighted by molar-refractivity contribution is 0.0602. The Bertz CT molecular complexity index is 1130. The molecule has 0 bridgehead atoms. The second-order valence-electron chi connectivity index (χ2n) is 5.71. The summed E-state index contributed by atoms with van der Waals surface area (Å²) in [6.07, 6.45) is 2.57. The Morgan fingerprint density at radius 3 is 2.57 bits per heavy atom. The number of anilines is 1. The van der Waals surface area contributed by atoms with Gasteiger partial charge in [-0.05, 0) is 24.3 Å². The molecule has 9 nitrogen and oxygen atoms in total. The minimum absolute atomic E-state index is 0.0884. The van der Waals surface area contributed by atoms with Crippen molar-refractivity contribution >= 4 is 17.6 Å². The van der Waals surface area contributed by atoms with Gasteiger partial charge in [0.2, 0.25) is 0 Å². The number of pyridine rings is 1. The summed E-state index contributed by atoms with van der Waals surface area (Å²) in [4.78, 5) is 55.6. The summed E-state index contributed by atoms with van der Waals surface area (Å²) in [7, 11) is 1.22. The van der Waals surface area contributed by atoms with Crippen LogP contribution in [0.3, 0.4) is 0 Å².